The van der Waals surface area contributed by atoms with Crippen LogP contribution in [0.3, 0.4) is 0 Å². The van der Waals surface area contributed by atoms with Crippen LogP contribution in [0.25, 0.3) is 5.65 Å². The number of nitrogens with zero attached hydrogens (tertiary/aromatic N) is 5. The van der Waals surface area contributed by atoms with E-state index in [0.717, 1.165) is 5.65 Å². The fourth-order valence-electron chi connectivity index (χ4n) is 3.05. The monoisotopic (exact) mass is 417 g/mol. The lowest BCUT2D eigenvalue weighted by Gasteiger charge is -2.34. The number of benzene rings is 1. The highest BCUT2D eigenvalue weighted by Gasteiger charge is 2.30. The minimum atomic E-state index is -3.51. The summed E-state index contributed by atoms with van der Waals surface area (Å²) in [5.41, 5.74) is 0.734. The molecule has 4 rings (SSSR count). The van der Waals surface area contributed by atoms with Crippen molar-refractivity contribution in [2.75, 3.05) is 31.9 Å². The summed E-state index contributed by atoms with van der Waals surface area (Å²) in [5.74, 6) is 0.204. The Hall–Kier alpha value is -2.43. The zero-order valence-corrected chi connectivity index (χ0v) is 16.6. The van der Waals surface area contributed by atoms with E-state index in [2.05, 4.69) is 10.2 Å². The molecule has 1 amide bonds. The van der Waals surface area contributed by atoms with E-state index in [1.165, 1.54) is 16.1 Å². The fraction of sp³-hybridized carbons (Fsp3) is 0.278. The molecule has 0 bridgehead atoms. The Bertz CT molecular complexity index is 1080. The van der Waals surface area contributed by atoms with Gasteiger partial charge in [-0.05, 0) is 24.3 Å². The van der Waals surface area contributed by atoms with Crippen LogP contribution >= 0.6 is 11.8 Å². The van der Waals surface area contributed by atoms with Crippen molar-refractivity contribution in [3.8, 4) is 0 Å². The van der Waals surface area contributed by atoms with Gasteiger partial charge in [-0.25, -0.2) is 8.42 Å². The Labute approximate surface area is 167 Å². The van der Waals surface area contributed by atoms with Gasteiger partial charge in [0.25, 0.3) is 0 Å². The third-order valence-electron chi connectivity index (χ3n) is 4.58. The number of rotatable bonds is 5. The average molecular weight is 418 g/mol. The van der Waals surface area contributed by atoms with Crippen molar-refractivity contribution in [2.24, 2.45) is 0 Å². The van der Waals surface area contributed by atoms with Gasteiger partial charge in [-0.1, -0.05) is 36.0 Å². The molecule has 0 N–H and O–H groups in total. The van der Waals surface area contributed by atoms with Crippen LogP contribution in [0.4, 0.5) is 0 Å². The van der Waals surface area contributed by atoms with Gasteiger partial charge in [0, 0.05) is 32.4 Å². The molecule has 0 spiro atoms. The maximum atomic E-state index is 12.7. The first-order valence-corrected chi connectivity index (χ1v) is 11.2. The van der Waals surface area contributed by atoms with Crippen molar-refractivity contribution in [3.63, 3.8) is 0 Å². The second-order valence-electron chi connectivity index (χ2n) is 6.30. The van der Waals surface area contributed by atoms with Crippen molar-refractivity contribution in [1.82, 2.24) is 23.8 Å². The van der Waals surface area contributed by atoms with E-state index in [1.807, 2.05) is 28.8 Å². The third-order valence-corrected chi connectivity index (χ3v) is 7.42. The number of fused-ring (bicyclic) bond motifs is 1. The van der Waals surface area contributed by atoms with Crippen LogP contribution < -0.4 is 0 Å². The summed E-state index contributed by atoms with van der Waals surface area (Å²) < 4.78 is 28.6. The highest BCUT2D eigenvalue weighted by atomic mass is 32.2. The molecule has 0 atom stereocenters. The van der Waals surface area contributed by atoms with Gasteiger partial charge in [0.05, 0.1) is 10.6 Å². The van der Waals surface area contributed by atoms with Crippen LogP contribution in [0.5, 0.6) is 0 Å². The van der Waals surface area contributed by atoms with Crippen LogP contribution in [0.15, 0.2) is 64.8 Å². The molecule has 0 saturated carbocycles. The number of amides is 1. The van der Waals surface area contributed by atoms with Gasteiger partial charge in [-0.3, -0.25) is 9.20 Å². The van der Waals surface area contributed by atoms with Crippen molar-refractivity contribution in [2.45, 2.75) is 10.1 Å². The van der Waals surface area contributed by atoms with Crippen LogP contribution in [-0.2, 0) is 14.8 Å². The van der Waals surface area contributed by atoms with E-state index in [9.17, 15) is 13.2 Å². The standard InChI is InChI=1S/C18H19N5O3S2/c24-17(14-27-18-20-19-16-8-4-5-9-23(16)18)21-10-12-22(13-11-21)28(25,26)15-6-2-1-3-7-15/h1-9H,10-14H2. The van der Waals surface area contributed by atoms with E-state index >= 15 is 0 Å². The molecule has 1 aliphatic rings. The van der Waals surface area contributed by atoms with E-state index < -0.39 is 10.0 Å². The minimum absolute atomic E-state index is 0.0329. The second-order valence-corrected chi connectivity index (χ2v) is 9.18. The summed E-state index contributed by atoms with van der Waals surface area (Å²) in [4.78, 5) is 14.5. The first-order chi connectivity index (χ1) is 13.6. The quantitative estimate of drug-likeness (QED) is 0.583. The number of hydrogen-bond acceptors (Lipinski definition) is 6. The zero-order chi connectivity index (χ0) is 19.6. The number of pyridine rings is 1. The Kier molecular flexibility index (Phi) is 5.33. The van der Waals surface area contributed by atoms with Crippen molar-refractivity contribution >= 4 is 33.3 Å². The molecule has 0 unspecified atom stereocenters. The summed E-state index contributed by atoms with van der Waals surface area (Å²) in [6.45, 7) is 1.35. The van der Waals surface area contributed by atoms with Gasteiger partial charge >= 0.3 is 0 Å². The molecule has 10 heteroatoms. The molecule has 1 aliphatic heterocycles. The summed E-state index contributed by atoms with van der Waals surface area (Å²) in [5, 5.41) is 8.84. The first kappa shape index (κ1) is 18.9. The largest absolute Gasteiger partial charge is 0.339 e. The lowest BCUT2D eigenvalue weighted by molar-refractivity contribution is -0.129. The topological polar surface area (TPSA) is 87.9 Å². The summed E-state index contributed by atoms with van der Waals surface area (Å²) in [6.07, 6.45) is 1.86. The van der Waals surface area contributed by atoms with Crippen LogP contribution in [0, 0.1) is 0 Å². The van der Waals surface area contributed by atoms with Crippen LogP contribution in [0.2, 0.25) is 0 Å². The zero-order valence-electron chi connectivity index (χ0n) is 15.0. The number of sulfonamides is 1. The average Bonchev–Trinajstić information content (AvgIpc) is 3.16. The Morgan fingerprint density at radius 3 is 2.43 bits per heavy atom. The number of carbonyl (C=O) groups excluding carboxylic acids is 1. The van der Waals surface area contributed by atoms with E-state index in [4.69, 9.17) is 0 Å². The maximum absolute atomic E-state index is 12.7. The lowest BCUT2D eigenvalue weighted by atomic mass is 10.3. The van der Waals surface area contributed by atoms with Gasteiger partial charge in [0.2, 0.25) is 15.9 Å². The molecule has 3 aromatic rings. The molecular weight excluding hydrogens is 398 g/mol. The molecular formula is C18H19N5O3S2. The van der Waals surface area contributed by atoms with Gasteiger partial charge in [0.1, 0.15) is 0 Å². The predicted octanol–water partition coefficient (Wildman–Crippen LogP) is 1.35. The number of aromatic nitrogens is 3. The number of thioether (sulfide) groups is 1. The maximum Gasteiger partial charge on any atom is 0.243 e. The van der Waals surface area contributed by atoms with Gasteiger partial charge in [-0.2, -0.15) is 4.31 Å². The van der Waals surface area contributed by atoms with Gasteiger partial charge in [-0.15, -0.1) is 10.2 Å². The SMILES string of the molecule is O=C(CSc1nnc2ccccn12)N1CCN(S(=O)(=O)c2ccccc2)CC1. The Morgan fingerprint density at radius 2 is 1.68 bits per heavy atom. The summed E-state index contributed by atoms with van der Waals surface area (Å²) >= 11 is 1.33. The van der Waals surface area contributed by atoms with E-state index in [0.29, 0.717) is 31.3 Å². The molecule has 1 aromatic carbocycles. The van der Waals surface area contributed by atoms with Crippen molar-refractivity contribution < 1.29 is 13.2 Å². The molecule has 28 heavy (non-hydrogen) atoms. The number of piperazine rings is 1. The number of hydrogen-bond donors (Lipinski definition) is 0. The summed E-state index contributed by atoms with van der Waals surface area (Å²) in [6, 6.07) is 14.0. The minimum Gasteiger partial charge on any atom is -0.339 e. The molecule has 8 nitrogen and oxygen atoms in total. The Morgan fingerprint density at radius 1 is 0.964 bits per heavy atom. The van der Waals surface area contributed by atoms with E-state index in [-0.39, 0.29) is 16.6 Å². The molecule has 0 radical (unpaired) electrons. The first-order valence-electron chi connectivity index (χ1n) is 8.81. The smallest absolute Gasteiger partial charge is 0.243 e. The molecule has 1 fully saturated rings. The highest BCUT2D eigenvalue weighted by Crippen LogP contribution is 2.20. The van der Waals surface area contributed by atoms with Gasteiger partial charge in [0.15, 0.2) is 10.8 Å². The van der Waals surface area contributed by atoms with Crippen molar-refractivity contribution in [3.05, 3.63) is 54.7 Å². The third kappa shape index (κ3) is 3.75. The molecule has 146 valence electrons. The molecule has 1 saturated heterocycles. The van der Waals surface area contributed by atoms with E-state index in [1.54, 1.807) is 35.2 Å². The van der Waals surface area contributed by atoms with Crippen LogP contribution in [-0.4, -0.2) is 70.1 Å². The molecule has 3 heterocycles. The highest BCUT2D eigenvalue weighted by molar-refractivity contribution is 7.99. The molecule has 0 aliphatic carbocycles. The normalized spacial score (nSPS) is 15.8. The summed E-state index contributed by atoms with van der Waals surface area (Å²) in [7, 11) is -3.51. The second kappa shape index (κ2) is 7.90. The Balaban J connectivity index is 1.34. The lowest BCUT2D eigenvalue weighted by Crippen LogP contribution is -2.50. The molecule has 2 aromatic heterocycles. The van der Waals surface area contributed by atoms with Crippen molar-refractivity contribution in [1.29, 1.82) is 0 Å². The number of carbonyl (C=O) groups is 1. The van der Waals surface area contributed by atoms with Gasteiger partial charge < -0.3 is 4.90 Å². The van der Waals surface area contributed by atoms with Crippen LogP contribution in [0.1, 0.15) is 0 Å². The predicted molar refractivity (Wildman–Crippen MR) is 105 cm³/mol. The fourth-order valence-corrected chi connectivity index (χ4v) is 5.33.